The van der Waals surface area contributed by atoms with Gasteiger partial charge in [-0.05, 0) is 52.9 Å². The number of aromatic nitrogens is 1. The Hall–Kier alpha value is -0.750. The van der Waals surface area contributed by atoms with E-state index in [9.17, 15) is 0 Å². The summed E-state index contributed by atoms with van der Waals surface area (Å²) in [6.07, 6.45) is 3.38. The van der Waals surface area contributed by atoms with Gasteiger partial charge in [-0.25, -0.2) is 4.98 Å². The van der Waals surface area contributed by atoms with Crippen molar-refractivity contribution < 1.29 is 4.74 Å². The van der Waals surface area contributed by atoms with Crippen molar-refractivity contribution in [2.24, 2.45) is 0 Å². The molecule has 0 aliphatic heterocycles. The zero-order valence-corrected chi connectivity index (χ0v) is 14.1. The van der Waals surface area contributed by atoms with Crippen molar-refractivity contribution in [2.75, 3.05) is 27.2 Å². The van der Waals surface area contributed by atoms with E-state index in [4.69, 9.17) is 9.72 Å². The Morgan fingerprint density at radius 2 is 2.20 bits per heavy atom. The molecule has 0 amide bonds. The van der Waals surface area contributed by atoms with E-state index >= 15 is 0 Å². The maximum Gasteiger partial charge on any atom is 0.119 e. The van der Waals surface area contributed by atoms with Gasteiger partial charge in [0.15, 0.2) is 0 Å². The van der Waals surface area contributed by atoms with Crippen LogP contribution >= 0.6 is 11.3 Å². The molecule has 1 rings (SSSR count). The fraction of sp³-hybridized carbons (Fsp3) is 0.667. The van der Waals surface area contributed by atoms with E-state index in [1.54, 1.807) is 18.4 Å². The predicted octanol–water partition coefficient (Wildman–Crippen LogP) is 2.59. The Morgan fingerprint density at radius 3 is 2.85 bits per heavy atom. The summed E-state index contributed by atoms with van der Waals surface area (Å²) in [6, 6.07) is 0. The van der Waals surface area contributed by atoms with Crippen LogP contribution in [0.5, 0.6) is 0 Å². The first-order chi connectivity index (χ1) is 9.58. The fourth-order valence-corrected chi connectivity index (χ4v) is 2.76. The van der Waals surface area contributed by atoms with Gasteiger partial charge in [0.05, 0.1) is 11.8 Å². The molecule has 0 aliphatic carbocycles. The number of rotatable bonds is 9. The summed E-state index contributed by atoms with van der Waals surface area (Å²) in [5, 5.41) is 7.68. The lowest BCUT2D eigenvalue weighted by molar-refractivity contribution is 0.156. The molecule has 2 N–H and O–H groups in total. The van der Waals surface area contributed by atoms with Gasteiger partial charge in [-0.15, -0.1) is 11.3 Å². The maximum atomic E-state index is 5.26. The van der Waals surface area contributed by atoms with Crippen molar-refractivity contribution in [2.45, 2.75) is 39.8 Å². The van der Waals surface area contributed by atoms with E-state index in [1.807, 2.05) is 14.0 Å². The van der Waals surface area contributed by atoms with Crippen LogP contribution in [0, 0.1) is 6.92 Å². The molecule has 5 heteroatoms. The molecule has 0 aromatic carbocycles. The van der Waals surface area contributed by atoms with Crippen LogP contribution < -0.4 is 10.6 Å². The number of nitrogens with zero attached hydrogens (tertiary/aromatic N) is 1. The minimum Gasteiger partial charge on any atom is -0.378 e. The SMILES string of the molecule is CNCCCNCc1nc(/C(C)=C/C(C)OC)sc1C. The summed E-state index contributed by atoms with van der Waals surface area (Å²) in [5.74, 6) is 0. The van der Waals surface area contributed by atoms with Crippen molar-refractivity contribution in [3.8, 4) is 0 Å². The maximum absolute atomic E-state index is 5.26. The molecule has 1 unspecified atom stereocenters. The summed E-state index contributed by atoms with van der Waals surface area (Å²) < 4.78 is 5.26. The van der Waals surface area contributed by atoms with Crippen LogP contribution in [-0.2, 0) is 11.3 Å². The molecule has 0 aliphatic rings. The minimum absolute atomic E-state index is 0.127. The number of methoxy groups -OCH3 is 1. The lowest BCUT2D eigenvalue weighted by Gasteiger charge is -2.04. The van der Waals surface area contributed by atoms with Crippen molar-refractivity contribution in [1.82, 2.24) is 15.6 Å². The van der Waals surface area contributed by atoms with Gasteiger partial charge in [0.1, 0.15) is 5.01 Å². The molecule has 114 valence electrons. The van der Waals surface area contributed by atoms with Crippen LogP contribution in [0.1, 0.15) is 35.8 Å². The Bertz CT molecular complexity index is 429. The zero-order chi connectivity index (χ0) is 15.0. The topological polar surface area (TPSA) is 46.2 Å². The molecule has 1 aromatic rings. The van der Waals surface area contributed by atoms with Crippen molar-refractivity contribution in [3.05, 3.63) is 21.7 Å². The summed E-state index contributed by atoms with van der Waals surface area (Å²) in [4.78, 5) is 6.02. The standard InChI is InChI=1S/C15H27N3OS/c1-11(9-12(2)19-5)15-18-14(13(3)20-15)10-17-8-6-7-16-4/h9,12,16-17H,6-8,10H2,1-5H3/b11-9+. The van der Waals surface area contributed by atoms with Crippen molar-refractivity contribution in [1.29, 1.82) is 0 Å². The number of thiazole rings is 1. The van der Waals surface area contributed by atoms with Crippen LogP contribution in [0.3, 0.4) is 0 Å². The van der Waals surface area contributed by atoms with E-state index < -0.39 is 0 Å². The Labute approximate surface area is 126 Å². The van der Waals surface area contributed by atoms with Crippen LogP contribution in [-0.4, -0.2) is 38.3 Å². The molecule has 4 nitrogen and oxygen atoms in total. The van der Waals surface area contributed by atoms with Gasteiger partial charge in [0.2, 0.25) is 0 Å². The molecule has 0 fully saturated rings. The Balaban J connectivity index is 2.56. The second-order valence-corrected chi connectivity index (χ2v) is 6.15. The first kappa shape index (κ1) is 17.3. The average Bonchev–Trinajstić information content (AvgIpc) is 2.80. The summed E-state index contributed by atoms with van der Waals surface area (Å²) in [6.45, 7) is 9.18. The van der Waals surface area contributed by atoms with Gasteiger partial charge in [-0.2, -0.15) is 0 Å². The lowest BCUT2D eigenvalue weighted by atomic mass is 10.2. The number of hydrogen-bond acceptors (Lipinski definition) is 5. The monoisotopic (exact) mass is 297 g/mol. The summed E-state index contributed by atoms with van der Waals surface area (Å²) in [7, 11) is 3.70. The van der Waals surface area contributed by atoms with E-state index in [0.29, 0.717) is 0 Å². The van der Waals surface area contributed by atoms with Gasteiger partial charge in [0.25, 0.3) is 0 Å². The first-order valence-corrected chi connectivity index (χ1v) is 7.93. The molecule has 1 heterocycles. The molecule has 20 heavy (non-hydrogen) atoms. The van der Waals surface area contributed by atoms with Crippen LogP contribution in [0.15, 0.2) is 6.08 Å². The zero-order valence-electron chi connectivity index (χ0n) is 13.2. The molecular weight excluding hydrogens is 270 g/mol. The number of aryl methyl sites for hydroxylation is 1. The van der Waals surface area contributed by atoms with E-state index in [2.05, 4.69) is 30.6 Å². The molecule has 0 saturated heterocycles. The second kappa shape index (κ2) is 9.23. The van der Waals surface area contributed by atoms with Crippen LogP contribution in [0.4, 0.5) is 0 Å². The summed E-state index contributed by atoms with van der Waals surface area (Å²) >= 11 is 1.76. The van der Waals surface area contributed by atoms with Crippen molar-refractivity contribution >= 4 is 16.9 Å². The fourth-order valence-electron chi connectivity index (χ4n) is 1.85. The quantitative estimate of drug-likeness (QED) is 0.688. The molecule has 0 spiro atoms. The van der Waals surface area contributed by atoms with Gasteiger partial charge >= 0.3 is 0 Å². The highest BCUT2D eigenvalue weighted by atomic mass is 32.1. The van der Waals surface area contributed by atoms with E-state index in [0.717, 1.165) is 36.8 Å². The molecular formula is C15H27N3OS. The second-order valence-electron chi connectivity index (χ2n) is 4.95. The number of hydrogen-bond donors (Lipinski definition) is 2. The molecule has 0 radical (unpaired) electrons. The Kier molecular flexibility index (Phi) is 7.99. The highest BCUT2D eigenvalue weighted by molar-refractivity contribution is 7.12. The molecule has 1 atom stereocenters. The lowest BCUT2D eigenvalue weighted by Crippen LogP contribution is -2.19. The summed E-state index contributed by atoms with van der Waals surface area (Å²) in [5.41, 5.74) is 2.35. The third kappa shape index (κ3) is 5.71. The minimum atomic E-state index is 0.127. The highest BCUT2D eigenvalue weighted by Gasteiger charge is 2.09. The third-order valence-electron chi connectivity index (χ3n) is 3.16. The van der Waals surface area contributed by atoms with Crippen LogP contribution in [0.25, 0.3) is 5.57 Å². The highest BCUT2D eigenvalue weighted by Crippen LogP contribution is 2.24. The first-order valence-electron chi connectivity index (χ1n) is 7.11. The molecule has 0 bridgehead atoms. The van der Waals surface area contributed by atoms with Crippen LogP contribution in [0.2, 0.25) is 0 Å². The third-order valence-corrected chi connectivity index (χ3v) is 4.31. The normalized spacial score (nSPS) is 13.8. The van der Waals surface area contributed by atoms with Gasteiger partial charge in [0, 0.05) is 18.5 Å². The number of allylic oxidation sites excluding steroid dienone is 1. The van der Waals surface area contributed by atoms with E-state index in [1.165, 1.54) is 10.5 Å². The van der Waals surface area contributed by atoms with E-state index in [-0.39, 0.29) is 6.10 Å². The largest absolute Gasteiger partial charge is 0.378 e. The van der Waals surface area contributed by atoms with Gasteiger partial charge < -0.3 is 15.4 Å². The van der Waals surface area contributed by atoms with Gasteiger partial charge in [-0.1, -0.05) is 6.08 Å². The Morgan fingerprint density at radius 1 is 1.45 bits per heavy atom. The smallest absolute Gasteiger partial charge is 0.119 e. The van der Waals surface area contributed by atoms with Gasteiger partial charge in [-0.3, -0.25) is 0 Å². The average molecular weight is 297 g/mol. The molecule has 1 aromatic heterocycles. The van der Waals surface area contributed by atoms with Crippen molar-refractivity contribution in [3.63, 3.8) is 0 Å². The number of ether oxygens (including phenoxy) is 1. The number of nitrogens with one attached hydrogen (secondary N) is 2. The molecule has 0 saturated carbocycles. The predicted molar refractivity (Wildman–Crippen MR) is 87.2 cm³/mol.